The first-order valence-corrected chi connectivity index (χ1v) is 7.01. The largest absolute Gasteiger partial charge is 0.412 e. The second kappa shape index (κ2) is 6.50. The summed E-state index contributed by atoms with van der Waals surface area (Å²) in [6.45, 7) is -0.582. The van der Waals surface area contributed by atoms with Gasteiger partial charge in [0.25, 0.3) is 0 Å². The zero-order valence-electron chi connectivity index (χ0n) is 12.2. The molecule has 1 fully saturated rings. The van der Waals surface area contributed by atoms with E-state index in [4.69, 9.17) is 9.84 Å². The van der Waals surface area contributed by atoms with Crippen molar-refractivity contribution in [3.63, 3.8) is 0 Å². The summed E-state index contributed by atoms with van der Waals surface area (Å²) in [7, 11) is 0. The third kappa shape index (κ3) is 2.62. The van der Waals surface area contributed by atoms with E-state index in [1.165, 1.54) is 0 Å². The molecule has 7 N–H and O–H groups in total. The van der Waals surface area contributed by atoms with Gasteiger partial charge in [-0.1, -0.05) is 42.5 Å². The summed E-state index contributed by atoms with van der Waals surface area (Å²) in [4.78, 5) is 0. The molecule has 7 nitrogen and oxygen atoms in total. The molecule has 0 spiro atoms. The molecular weight excluding hydrogens is 304 g/mol. The SMILES string of the molecule is O.OC[C@H]1O[C@H](O)[C@@](O)(c2cccc3ccccc23)[C@@H](O)[C@H]1O. The molecule has 0 aromatic heterocycles. The van der Waals surface area contributed by atoms with Gasteiger partial charge < -0.3 is 35.7 Å². The maximum Gasteiger partial charge on any atom is 0.191 e. The van der Waals surface area contributed by atoms with Gasteiger partial charge in [0.15, 0.2) is 11.9 Å². The number of hydrogen-bond acceptors (Lipinski definition) is 6. The fourth-order valence-corrected chi connectivity index (χ4v) is 2.98. The lowest BCUT2D eigenvalue weighted by Gasteiger charge is -2.46. The predicted molar refractivity (Wildman–Crippen MR) is 81.4 cm³/mol. The van der Waals surface area contributed by atoms with Crippen LogP contribution in [0.2, 0.25) is 0 Å². The maximum absolute atomic E-state index is 10.9. The molecule has 0 amide bonds. The Hall–Kier alpha value is -1.58. The molecule has 2 aromatic carbocycles. The highest BCUT2D eigenvalue weighted by Gasteiger charge is 2.55. The van der Waals surface area contributed by atoms with Crippen LogP contribution in [0.25, 0.3) is 10.8 Å². The van der Waals surface area contributed by atoms with Crippen LogP contribution in [0.3, 0.4) is 0 Å². The number of benzene rings is 2. The van der Waals surface area contributed by atoms with Crippen LogP contribution >= 0.6 is 0 Å². The molecule has 0 saturated carbocycles. The number of aliphatic hydroxyl groups excluding tert-OH is 4. The van der Waals surface area contributed by atoms with Gasteiger partial charge in [-0.3, -0.25) is 0 Å². The molecule has 3 rings (SSSR count). The van der Waals surface area contributed by atoms with Gasteiger partial charge in [-0.25, -0.2) is 0 Å². The van der Waals surface area contributed by atoms with E-state index in [9.17, 15) is 20.4 Å². The Morgan fingerprint density at radius 2 is 1.65 bits per heavy atom. The Morgan fingerprint density at radius 1 is 1.00 bits per heavy atom. The standard InChI is InChI=1S/C16H18O6.H2O/c17-8-12-13(18)14(19)16(21,15(20)22-12)11-7-3-5-9-4-1-2-6-10(9)11;/h1-7,12-15,17-21H,8H2;1H2/t12-,13+,14+,15+,16-;/m1./s1. The fourth-order valence-electron chi connectivity index (χ4n) is 2.98. The highest BCUT2D eigenvalue weighted by Crippen LogP contribution is 2.40. The van der Waals surface area contributed by atoms with Crippen molar-refractivity contribution >= 4 is 10.8 Å². The van der Waals surface area contributed by atoms with E-state index >= 15 is 0 Å². The van der Waals surface area contributed by atoms with Crippen LogP contribution in [-0.2, 0) is 10.3 Å². The Labute approximate surface area is 132 Å². The van der Waals surface area contributed by atoms with Crippen molar-refractivity contribution in [1.82, 2.24) is 0 Å². The molecular formula is C16H20O7. The van der Waals surface area contributed by atoms with Gasteiger partial charge >= 0.3 is 0 Å². The molecule has 126 valence electrons. The fraction of sp³-hybridized carbons (Fsp3) is 0.375. The highest BCUT2D eigenvalue weighted by atomic mass is 16.6. The Balaban J connectivity index is 0.00000192. The number of rotatable bonds is 2. The summed E-state index contributed by atoms with van der Waals surface area (Å²) in [6, 6.07) is 12.2. The van der Waals surface area contributed by atoms with Gasteiger partial charge in [0.05, 0.1) is 6.61 Å². The summed E-state index contributed by atoms with van der Waals surface area (Å²) in [6.07, 6.45) is -6.19. The predicted octanol–water partition coefficient (Wildman–Crippen LogP) is -1.37. The first-order valence-electron chi connectivity index (χ1n) is 7.01. The lowest BCUT2D eigenvalue weighted by Crippen LogP contribution is -2.64. The minimum Gasteiger partial charge on any atom is -0.412 e. The van der Waals surface area contributed by atoms with E-state index in [0.717, 1.165) is 5.39 Å². The lowest BCUT2D eigenvalue weighted by atomic mass is 9.79. The van der Waals surface area contributed by atoms with Gasteiger partial charge in [0, 0.05) is 0 Å². The summed E-state index contributed by atoms with van der Waals surface area (Å²) >= 11 is 0. The van der Waals surface area contributed by atoms with Crippen molar-refractivity contribution in [1.29, 1.82) is 0 Å². The monoisotopic (exact) mass is 324 g/mol. The first kappa shape index (κ1) is 17.8. The molecule has 0 aliphatic carbocycles. The molecule has 1 heterocycles. The molecule has 1 aliphatic heterocycles. The molecule has 0 radical (unpaired) electrons. The van der Waals surface area contributed by atoms with E-state index in [-0.39, 0.29) is 11.0 Å². The molecule has 1 aliphatic rings. The zero-order chi connectivity index (χ0) is 15.9. The number of hydrogen-bond donors (Lipinski definition) is 5. The summed E-state index contributed by atoms with van der Waals surface area (Å²) in [5.74, 6) is 0. The lowest BCUT2D eigenvalue weighted by molar-refractivity contribution is -0.334. The maximum atomic E-state index is 10.9. The second-order valence-electron chi connectivity index (χ2n) is 5.50. The third-order valence-corrected chi connectivity index (χ3v) is 4.24. The molecule has 7 heteroatoms. The van der Waals surface area contributed by atoms with Crippen molar-refractivity contribution in [3.05, 3.63) is 48.0 Å². The smallest absolute Gasteiger partial charge is 0.191 e. The molecule has 23 heavy (non-hydrogen) atoms. The number of aliphatic hydroxyl groups is 5. The number of ether oxygens (including phenoxy) is 1. The van der Waals surface area contributed by atoms with Crippen molar-refractivity contribution in [3.8, 4) is 0 Å². The van der Waals surface area contributed by atoms with Crippen molar-refractivity contribution in [2.75, 3.05) is 6.61 Å². The molecule has 0 bridgehead atoms. The van der Waals surface area contributed by atoms with Crippen LogP contribution in [0.4, 0.5) is 0 Å². The Kier molecular flexibility index (Phi) is 5.02. The van der Waals surface area contributed by atoms with Crippen LogP contribution in [0.5, 0.6) is 0 Å². The van der Waals surface area contributed by atoms with E-state index in [1.807, 2.05) is 18.2 Å². The normalized spacial score (nSPS) is 34.1. The van der Waals surface area contributed by atoms with E-state index in [2.05, 4.69) is 0 Å². The van der Waals surface area contributed by atoms with Gasteiger partial charge in [-0.2, -0.15) is 0 Å². The van der Waals surface area contributed by atoms with E-state index in [1.54, 1.807) is 24.3 Å². The molecule has 0 unspecified atom stereocenters. The summed E-state index contributed by atoms with van der Waals surface area (Å²) in [5.41, 5.74) is -1.95. The average Bonchev–Trinajstić information content (AvgIpc) is 2.55. The van der Waals surface area contributed by atoms with Crippen LogP contribution in [-0.4, -0.2) is 62.2 Å². The van der Waals surface area contributed by atoms with E-state index < -0.39 is 36.8 Å². The van der Waals surface area contributed by atoms with Crippen LogP contribution in [0, 0.1) is 0 Å². The van der Waals surface area contributed by atoms with Gasteiger partial charge in [-0.05, 0) is 16.3 Å². The Morgan fingerprint density at radius 3 is 2.35 bits per heavy atom. The highest BCUT2D eigenvalue weighted by molar-refractivity contribution is 5.86. The molecule has 2 aromatic rings. The summed E-state index contributed by atoms with van der Waals surface area (Å²) < 4.78 is 5.08. The Bertz CT molecular complexity index is 671. The zero-order valence-corrected chi connectivity index (χ0v) is 12.2. The minimum absolute atomic E-state index is 0. The van der Waals surface area contributed by atoms with Crippen molar-refractivity contribution < 1.29 is 35.7 Å². The number of fused-ring (bicyclic) bond motifs is 1. The topological polar surface area (TPSA) is 142 Å². The van der Waals surface area contributed by atoms with Crippen LogP contribution in [0.1, 0.15) is 5.56 Å². The third-order valence-electron chi connectivity index (χ3n) is 4.24. The molecule has 1 saturated heterocycles. The minimum atomic E-state index is -2.20. The first-order chi connectivity index (χ1) is 10.5. The van der Waals surface area contributed by atoms with Crippen molar-refractivity contribution in [2.45, 2.75) is 30.2 Å². The van der Waals surface area contributed by atoms with E-state index in [0.29, 0.717) is 5.39 Å². The summed E-state index contributed by atoms with van der Waals surface area (Å²) in [5, 5.41) is 52.0. The molecule has 5 atom stereocenters. The van der Waals surface area contributed by atoms with Gasteiger partial charge in [-0.15, -0.1) is 0 Å². The van der Waals surface area contributed by atoms with Gasteiger partial charge in [0.2, 0.25) is 0 Å². The van der Waals surface area contributed by atoms with Crippen molar-refractivity contribution in [2.24, 2.45) is 0 Å². The average molecular weight is 324 g/mol. The second-order valence-corrected chi connectivity index (χ2v) is 5.50. The quantitative estimate of drug-likeness (QED) is 0.461. The van der Waals surface area contributed by atoms with Crippen LogP contribution in [0.15, 0.2) is 42.5 Å². The van der Waals surface area contributed by atoms with Gasteiger partial charge in [0.1, 0.15) is 18.3 Å². The van der Waals surface area contributed by atoms with Crippen LogP contribution < -0.4 is 0 Å².